The zero-order chi connectivity index (χ0) is 19.8. The molecule has 0 unspecified atom stereocenters. The van der Waals surface area contributed by atoms with Gasteiger partial charge < -0.3 is 19.1 Å². The molecular weight excluding hydrogens is 370 g/mol. The Bertz CT molecular complexity index is 775. The molecule has 2 heterocycles. The molecule has 1 aromatic carbocycles. The molecule has 6 nitrogen and oxygen atoms in total. The second-order valence-electron chi connectivity index (χ2n) is 6.80. The fraction of sp³-hybridized carbons (Fsp3) is 0.500. The summed E-state index contributed by atoms with van der Waals surface area (Å²) >= 11 is 6.04. The summed E-state index contributed by atoms with van der Waals surface area (Å²) in [5.74, 6) is -2.15. The summed E-state index contributed by atoms with van der Waals surface area (Å²) in [6, 6.07) is 7.13. The van der Waals surface area contributed by atoms with Gasteiger partial charge in [-0.1, -0.05) is 23.7 Å². The first-order chi connectivity index (χ1) is 12.8. The molecule has 0 spiro atoms. The van der Waals surface area contributed by atoms with Gasteiger partial charge in [0.15, 0.2) is 5.72 Å². The maximum absolute atomic E-state index is 13.0. The lowest BCUT2D eigenvalue weighted by molar-refractivity contribution is -0.173. The van der Waals surface area contributed by atoms with E-state index in [1.807, 2.05) is 30.9 Å². The van der Waals surface area contributed by atoms with Gasteiger partial charge in [0.1, 0.15) is 5.92 Å². The number of carbonyl (C=O) groups is 2. The zero-order valence-electron chi connectivity index (χ0n) is 16.0. The number of halogens is 1. The minimum absolute atomic E-state index is 0.245. The van der Waals surface area contributed by atoms with Gasteiger partial charge in [0, 0.05) is 23.2 Å². The fourth-order valence-electron chi connectivity index (χ4n) is 4.25. The van der Waals surface area contributed by atoms with Gasteiger partial charge in [-0.15, -0.1) is 0 Å². The van der Waals surface area contributed by atoms with Gasteiger partial charge in [0.05, 0.1) is 25.9 Å². The van der Waals surface area contributed by atoms with Gasteiger partial charge in [-0.3, -0.25) is 4.79 Å². The van der Waals surface area contributed by atoms with Gasteiger partial charge in [-0.25, -0.2) is 4.79 Å². The number of hydrogen-bond donors (Lipinski definition) is 0. The number of hydrogen-bond acceptors (Lipinski definition) is 6. The van der Waals surface area contributed by atoms with Crippen molar-refractivity contribution >= 4 is 23.5 Å². The van der Waals surface area contributed by atoms with Crippen molar-refractivity contribution in [3.63, 3.8) is 0 Å². The van der Waals surface area contributed by atoms with Gasteiger partial charge >= 0.3 is 11.9 Å². The van der Waals surface area contributed by atoms with Crippen LogP contribution in [-0.2, 0) is 23.8 Å². The second-order valence-corrected chi connectivity index (χ2v) is 7.24. The number of fused-ring (bicyclic) bond motifs is 1. The molecule has 0 aliphatic carbocycles. The Morgan fingerprint density at radius 2 is 2.00 bits per heavy atom. The number of benzene rings is 1. The van der Waals surface area contributed by atoms with E-state index >= 15 is 0 Å². The quantitative estimate of drug-likeness (QED) is 0.732. The standard InChI is InChI=1S/C20H24ClNO5/c1-5-26-19(24)17-16(13-6-8-14(21)9-7-13)15(18(23)25-4)12(2)22-10-11-27-20(17,22)3/h6-9,16-17H,5,10-11H2,1-4H3/t16-,17-,20+/m1/s1. The Morgan fingerprint density at radius 1 is 1.33 bits per heavy atom. The van der Waals surface area contributed by atoms with Crippen molar-refractivity contribution in [2.75, 3.05) is 26.9 Å². The molecule has 1 fully saturated rings. The molecule has 146 valence electrons. The molecule has 7 heteroatoms. The van der Waals surface area contributed by atoms with Crippen LogP contribution in [0.1, 0.15) is 32.3 Å². The number of rotatable bonds is 4. The molecule has 3 atom stereocenters. The van der Waals surface area contributed by atoms with Crippen molar-refractivity contribution in [1.29, 1.82) is 0 Å². The Balaban J connectivity index is 2.24. The number of carbonyl (C=O) groups excluding carboxylic acids is 2. The van der Waals surface area contributed by atoms with Crippen LogP contribution in [0.5, 0.6) is 0 Å². The first kappa shape index (κ1) is 19.7. The van der Waals surface area contributed by atoms with Crippen LogP contribution in [0.3, 0.4) is 0 Å². The van der Waals surface area contributed by atoms with E-state index in [9.17, 15) is 9.59 Å². The second kappa shape index (κ2) is 7.52. The van der Waals surface area contributed by atoms with Crippen molar-refractivity contribution in [2.45, 2.75) is 32.4 Å². The molecule has 0 aromatic heterocycles. The molecule has 0 bridgehead atoms. The van der Waals surface area contributed by atoms with Crippen LogP contribution >= 0.6 is 11.6 Å². The van der Waals surface area contributed by atoms with Crippen molar-refractivity contribution in [3.05, 3.63) is 46.1 Å². The van der Waals surface area contributed by atoms with Crippen LogP contribution in [0.25, 0.3) is 0 Å². The van der Waals surface area contributed by atoms with E-state index in [0.717, 1.165) is 11.3 Å². The minimum atomic E-state index is -0.905. The smallest absolute Gasteiger partial charge is 0.336 e. The largest absolute Gasteiger partial charge is 0.466 e. The van der Waals surface area contributed by atoms with E-state index in [0.29, 0.717) is 23.7 Å². The van der Waals surface area contributed by atoms with Crippen LogP contribution in [0.4, 0.5) is 0 Å². The Morgan fingerprint density at radius 3 is 2.59 bits per heavy atom. The van der Waals surface area contributed by atoms with E-state index < -0.39 is 29.5 Å². The average Bonchev–Trinajstić information content (AvgIpc) is 3.04. The maximum atomic E-state index is 13.0. The molecule has 1 aromatic rings. The van der Waals surface area contributed by atoms with Crippen molar-refractivity contribution in [1.82, 2.24) is 4.90 Å². The minimum Gasteiger partial charge on any atom is -0.466 e. The van der Waals surface area contributed by atoms with Gasteiger partial charge in [0.2, 0.25) is 0 Å². The molecule has 0 N–H and O–H groups in total. The lowest BCUT2D eigenvalue weighted by Gasteiger charge is -2.48. The lowest BCUT2D eigenvalue weighted by atomic mass is 9.71. The number of nitrogens with zero attached hydrogens (tertiary/aromatic N) is 1. The average molecular weight is 394 g/mol. The number of esters is 2. The van der Waals surface area contributed by atoms with Crippen molar-refractivity contribution < 1.29 is 23.8 Å². The third kappa shape index (κ3) is 3.21. The van der Waals surface area contributed by atoms with E-state index in [1.165, 1.54) is 7.11 Å². The van der Waals surface area contributed by atoms with Gasteiger partial charge in [-0.2, -0.15) is 0 Å². The summed E-state index contributed by atoms with van der Waals surface area (Å²) in [5, 5.41) is 0.576. The molecule has 1 saturated heterocycles. The summed E-state index contributed by atoms with van der Waals surface area (Å²) in [6.07, 6.45) is 0. The monoisotopic (exact) mass is 393 g/mol. The highest BCUT2D eigenvalue weighted by Gasteiger charge is 2.58. The van der Waals surface area contributed by atoms with Crippen LogP contribution in [0, 0.1) is 5.92 Å². The zero-order valence-corrected chi connectivity index (χ0v) is 16.7. The highest BCUT2D eigenvalue weighted by Crippen LogP contribution is 2.51. The van der Waals surface area contributed by atoms with Crippen molar-refractivity contribution in [2.24, 2.45) is 5.92 Å². The third-order valence-corrected chi connectivity index (χ3v) is 5.69. The molecule has 0 saturated carbocycles. The van der Waals surface area contributed by atoms with E-state index in [2.05, 4.69) is 0 Å². The SMILES string of the molecule is CCOC(=O)[C@H]1[C@H](c2ccc(Cl)cc2)C(C(=O)OC)=C(C)N2CCO[C@@]12C. The Hall–Kier alpha value is -2.05. The highest BCUT2D eigenvalue weighted by molar-refractivity contribution is 6.30. The Labute approximate surface area is 164 Å². The first-order valence-corrected chi connectivity index (χ1v) is 9.35. The predicted octanol–water partition coefficient (Wildman–Crippen LogP) is 3.11. The summed E-state index contributed by atoms with van der Waals surface area (Å²) in [6.45, 7) is 6.80. The van der Waals surface area contributed by atoms with E-state index in [4.69, 9.17) is 25.8 Å². The van der Waals surface area contributed by atoms with Crippen LogP contribution in [0.2, 0.25) is 5.02 Å². The number of allylic oxidation sites excluding steroid dienone is 1. The van der Waals surface area contributed by atoms with Crippen LogP contribution in [0.15, 0.2) is 35.5 Å². The van der Waals surface area contributed by atoms with Gasteiger partial charge in [-0.05, 0) is 38.5 Å². The van der Waals surface area contributed by atoms with Crippen LogP contribution < -0.4 is 0 Å². The van der Waals surface area contributed by atoms with Gasteiger partial charge in [0.25, 0.3) is 0 Å². The molecule has 27 heavy (non-hydrogen) atoms. The molecule has 2 aliphatic rings. The molecule has 0 amide bonds. The number of methoxy groups -OCH3 is 1. The first-order valence-electron chi connectivity index (χ1n) is 8.98. The summed E-state index contributed by atoms with van der Waals surface area (Å²) in [7, 11) is 1.34. The molecule has 3 rings (SSSR count). The normalized spacial score (nSPS) is 27.4. The predicted molar refractivity (Wildman–Crippen MR) is 100 cm³/mol. The molecule has 0 radical (unpaired) electrons. The summed E-state index contributed by atoms with van der Waals surface area (Å²) in [5.41, 5.74) is 1.08. The van der Waals surface area contributed by atoms with E-state index in [-0.39, 0.29) is 6.61 Å². The van der Waals surface area contributed by atoms with Crippen molar-refractivity contribution in [3.8, 4) is 0 Å². The lowest BCUT2D eigenvalue weighted by Crippen LogP contribution is -2.57. The third-order valence-electron chi connectivity index (χ3n) is 5.44. The fourth-order valence-corrected chi connectivity index (χ4v) is 4.37. The van der Waals surface area contributed by atoms with Crippen LogP contribution in [-0.4, -0.2) is 49.4 Å². The summed E-state index contributed by atoms with van der Waals surface area (Å²) in [4.78, 5) is 27.7. The summed E-state index contributed by atoms with van der Waals surface area (Å²) < 4.78 is 16.5. The molecule has 2 aliphatic heterocycles. The number of ether oxygens (including phenoxy) is 3. The van der Waals surface area contributed by atoms with E-state index in [1.54, 1.807) is 19.1 Å². The topological polar surface area (TPSA) is 65.1 Å². The maximum Gasteiger partial charge on any atom is 0.336 e. The highest BCUT2D eigenvalue weighted by atomic mass is 35.5. The Kier molecular flexibility index (Phi) is 5.49. The molecular formula is C20H24ClNO5.